The fourth-order valence-corrected chi connectivity index (χ4v) is 2.08. The lowest BCUT2D eigenvalue weighted by atomic mass is 10.1. The van der Waals surface area contributed by atoms with Crippen LogP contribution in [0.2, 0.25) is 0 Å². The molecule has 1 heterocycles. The number of carbonyl (C=O) groups is 2. The van der Waals surface area contributed by atoms with Gasteiger partial charge in [-0.3, -0.25) is 9.59 Å². The monoisotopic (exact) mass is 226 g/mol. The summed E-state index contributed by atoms with van der Waals surface area (Å²) in [6.45, 7) is 0.619. The van der Waals surface area contributed by atoms with E-state index in [-0.39, 0.29) is 17.1 Å². The maximum absolute atomic E-state index is 12.0. The summed E-state index contributed by atoms with van der Waals surface area (Å²) < 4.78 is 5.29. The van der Waals surface area contributed by atoms with Crippen molar-refractivity contribution in [3.8, 4) is 0 Å². The van der Waals surface area contributed by atoms with Crippen LogP contribution in [-0.2, 0) is 4.74 Å². The van der Waals surface area contributed by atoms with Crippen LogP contribution in [0.25, 0.3) is 0 Å². The Morgan fingerprint density at radius 2 is 1.71 bits per heavy atom. The van der Waals surface area contributed by atoms with E-state index in [0.717, 1.165) is 6.42 Å². The zero-order valence-corrected chi connectivity index (χ0v) is 9.10. The Morgan fingerprint density at radius 3 is 2.24 bits per heavy atom. The van der Waals surface area contributed by atoms with Crippen molar-refractivity contribution in [2.75, 3.05) is 6.61 Å². The SMILES string of the molecule is O=C1C(=CC2=CCCO2)C(=O)c2ccccc21. The van der Waals surface area contributed by atoms with Crippen LogP contribution in [0.1, 0.15) is 27.1 Å². The number of ether oxygens (including phenoxy) is 1. The number of hydrogen-bond donors (Lipinski definition) is 0. The minimum Gasteiger partial charge on any atom is -0.494 e. The minimum atomic E-state index is -0.206. The van der Waals surface area contributed by atoms with Crippen molar-refractivity contribution in [1.82, 2.24) is 0 Å². The topological polar surface area (TPSA) is 43.4 Å². The van der Waals surface area contributed by atoms with Crippen LogP contribution < -0.4 is 0 Å². The summed E-state index contributed by atoms with van der Waals surface area (Å²) in [4.78, 5) is 24.0. The molecule has 0 aromatic heterocycles. The molecule has 17 heavy (non-hydrogen) atoms. The summed E-state index contributed by atoms with van der Waals surface area (Å²) >= 11 is 0. The quantitative estimate of drug-likeness (QED) is 0.545. The number of Topliss-reactive ketones (excluding diaryl/α,β-unsaturated/α-hetero) is 2. The van der Waals surface area contributed by atoms with Gasteiger partial charge in [-0.05, 0) is 12.2 Å². The molecule has 0 radical (unpaired) electrons. The van der Waals surface area contributed by atoms with Crippen molar-refractivity contribution >= 4 is 11.6 Å². The molecule has 0 bridgehead atoms. The number of benzene rings is 1. The van der Waals surface area contributed by atoms with Crippen molar-refractivity contribution in [3.63, 3.8) is 0 Å². The first-order valence-corrected chi connectivity index (χ1v) is 5.50. The van der Waals surface area contributed by atoms with Crippen LogP contribution in [0.4, 0.5) is 0 Å². The third-order valence-corrected chi connectivity index (χ3v) is 2.92. The Kier molecular flexibility index (Phi) is 2.18. The molecule has 1 aromatic carbocycles. The molecular weight excluding hydrogens is 216 g/mol. The van der Waals surface area contributed by atoms with Crippen molar-refractivity contribution in [3.05, 3.63) is 58.9 Å². The Labute approximate surface area is 98.4 Å². The van der Waals surface area contributed by atoms with E-state index in [2.05, 4.69) is 0 Å². The molecule has 3 rings (SSSR count). The Hall–Kier alpha value is -2.16. The van der Waals surface area contributed by atoms with Gasteiger partial charge in [0.2, 0.25) is 0 Å². The molecule has 3 nitrogen and oxygen atoms in total. The third kappa shape index (κ3) is 1.51. The number of allylic oxidation sites excluding steroid dienone is 2. The first kappa shape index (κ1) is 10.0. The van der Waals surface area contributed by atoms with Gasteiger partial charge in [0.05, 0.1) is 12.2 Å². The lowest BCUT2D eigenvalue weighted by Gasteiger charge is -1.97. The predicted octanol–water partition coefficient (Wildman–Crippen LogP) is 2.30. The van der Waals surface area contributed by atoms with Gasteiger partial charge in [-0.15, -0.1) is 0 Å². The second kappa shape index (κ2) is 3.70. The van der Waals surface area contributed by atoms with Gasteiger partial charge in [0, 0.05) is 17.5 Å². The highest BCUT2D eigenvalue weighted by atomic mass is 16.5. The van der Waals surface area contributed by atoms with Gasteiger partial charge < -0.3 is 4.74 Å². The van der Waals surface area contributed by atoms with E-state index < -0.39 is 0 Å². The van der Waals surface area contributed by atoms with E-state index in [1.54, 1.807) is 30.3 Å². The summed E-state index contributed by atoms with van der Waals surface area (Å²) in [7, 11) is 0. The highest BCUT2D eigenvalue weighted by Crippen LogP contribution is 2.27. The van der Waals surface area contributed by atoms with Crippen molar-refractivity contribution in [2.24, 2.45) is 0 Å². The normalized spacial score (nSPS) is 17.9. The van der Waals surface area contributed by atoms with Gasteiger partial charge in [-0.25, -0.2) is 0 Å². The van der Waals surface area contributed by atoms with E-state index in [4.69, 9.17) is 4.74 Å². The molecule has 84 valence electrons. The smallest absolute Gasteiger partial charge is 0.197 e. The molecule has 0 saturated heterocycles. The van der Waals surface area contributed by atoms with Crippen LogP contribution in [0, 0.1) is 0 Å². The van der Waals surface area contributed by atoms with Crippen molar-refractivity contribution in [1.29, 1.82) is 0 Å². The first-order chi connectivity index (χ1) is 8.27. The molecular formula is C14H10O3. The Bertz CT molecular complexity index is 542. The summed E-state index contributed by atoms with van der Waals surface area (Å²) in [5.74, 6) is 0.207. The van der Waals surface area contributed by atoms with Gasteiger partial charge in [0.25, 0.3) is 0 Å². The predicted molar refractivity (Wildman–Crippen MR) is 61.8 cm³/mol. The largest absolute Gasteiger partial charge is 0.494 e. The molecule has 0 amide bonds. The molecule has 2 aliphatic rings. The van der Waals surface area contributed by atoms with Gasteiger partial charge >= 0.3 is 0 Å². The first-order valence-electron chi connectivity index (χ1n) is 5.50. The van der Waals surface area contributed by atoms with Gasteiger partial charge in [0.1, 0.15) is 5.76 Å². The summed E-state index contributed by atoms with van der Waals surface area (Å²) in [5, 5.41) is 0. The van der Waals surface area contributed by atoms with E-state index in [1.165, 1.54) is 0 Å². The average Bonchev–Trinajstić information content (AvgIpc) is 2.94. The lowest BCUT2D eigenvalue weighted by molar-refractivity contribution is 0.0987. The number of fused-ring (bicyclic) bond motifs is 1. The molecule has 0 N–H and O–H groups in total. The average molecular weight is 226 g/mol. The van der Waals surface area contributed by atoms with Gasteiger partial charge in [-0.2, -0.15) is 0 Å². The minimum absolute atomic E-state index is 0.206. The summed E-state index contributed by atoms with van der Waals surface area (Å²) in [6, 6.07) is 6.89. The van der Waals surface area contributed by atoms with Crippen molar-refractivity contribution in [2.45, 2.75) is 6.42 Å². The standard InChI is InChI=1S/C14H10O3/c15-13-10-5-1-2-6-11(10)14(16)12(13)8-9-4-3-7-17-9/h1-2,4-6,8H,3,7H2. The zero-order valence-electron chi connectivity index (χ0n) is 9.10. The molecule has 1 aromatic rings. The fourth-order valence-electron chi connectivity index (χ4n) is 2.08. The van der Waals surface area contributed by atoms with Crippen LogP contribution in [0.5, 0.6) is 0 Å². The molecule has 0 atom stereocenters. The maximum Gasteiger partial charge on any atom is 0.197 e. The Morgan fingerprint density at radius 1 is 1.06 bits per heavy atom. The molecule has 0 spiro atoms. The van der Waals surface area contributed by atoms with Crippen LogP contribution in [0.3, 0.4) is 0 Å². The van der Waals surface area contributed by atoms with E-state index in [9.17, 15) is 9.59 Å². The maximum atomic E-state index is 12.0. The fraction of sp³-hybridized carbons (Fsp3) is 0.143. The van der Waals surface area contributed by atoms with E-state index >= 15 is 0 Å². The molecule has 0 unspecified atom stereocenters. The zero-order chi connectivity index (χ0) is 11.8. The van der Waals surface area contributed by atoms with E-state index in [1.807, 2.05) is 6.08 Å². The Balaban J connectivity index is 2.06. The second-order valence-corrected chi connectivity index (χ2v) is 4.01. The van der Waals surface area contributed by atoms with Gasteiger partial charge in [-0.1, -0.05) is 24.3 Å². The number of rotatable bonds is 1. The summed E-state index contributed by atoms with van der Waals surface area (Å²) in [5.41, 5.74) is 1.18. The number of ketones is 2. The van der Waals surface area contributed by atoms with Crippen LogP contribution in [0.15, 0.2) is 47.7 Å². The van der Waals surface area contributed by atoms with Gasteiger partial charge in [0.15, 0.2) is 11.6 Å². The van der Waals surface area contributed by atoms with Crippen LogP contribution in [-0.4, -0.2) is 18.2 Å². The summed E-state index contributed by atoms with van der Waals surface area (Å²) in [6.07, 6.45) is 4.27. The molecule has 3 heteroatoms. The highest BCUT2D eigenvalue weighted by Gasteiger charge is 2.32. The third-order valence-electron chi connectivity index (χ3n) is 2.92. The van der Waals surface area contributed by atoms with E-state index in [0.29, 0.717) is 23.5 Å². The molecule has 0 fully saturated rings. The number of hydrogen-bond acceptors (Lipinski definition) is 3. The molecule has 1 aliphatic carbocycles. The van der Waals surface area contributed by atoms with Crippen molar-refractivity contribution < 1.29 is 14.3 Å². The van der Waals surface area contributed by atoms with Crippen LogP contribution >= 0.6 is 0 Å². The molecule has 1 aliphatic heterocycles. The number of carbonyl (C=O) groups excluding carboxylic acids is 2. The molecule has 0 saturated carbocycles. The second-order valence-electron chi connectivity index (χ2n) is 4.01. The highest BCUT2D eigenvalue weighted by molar-refractivity contribution is 6.39. The lowest BCUT2D eigenvalue weighted by Crippen LogP contribution is -2.01.